The van der Waals surface area contributed by atoms with Crippen LogP contribution in [-0.4, -0.2) is 20.1 Å². The van der Waals surface area contributed by atoms with Gasteiger partial charge in [-0.1, -0.05) is 11.6 Å². The topological polar surface area (TPSA) is 53.3 Å². The van der Waals surface area contributed by atoms with Gasteiger partial charge in [-0.15, -0.1) is 0 Å². The van der Waals surface area contributed by atoms with Gasteiger partial charge in [-0.3, -0.25) is 4.79 Å². The molecule has 1 aromatic rings. The number of ether oxygens (including phenoxy) is 1. The Bertz CT molecular complexity index is 494. The van der Waals surface area contributed by atoms with Crippen molar-refractivity contribution in [3.8, 4) is 11.8 Å². The molecule has 4 nitrogen and oxygen atoms in total. The predicted molar refractivity (Wildman–Crippen MR) is 71.0 cm³/mol. The van der Waals surface area contributed by atoms with Gasteiger partial charge in [-0.25, -0.2) is 0 Å². The van der Waals surface area contributed by atoms with E-state index in [-0.39, 0.29) is 18.7 Å². The molecule has 1 rings (SSSR count). The van der Waals surface area contributed by atoms with Crippen LogP contribution in [0.3, 0.4) is 0 Å². The molecular formula is C13H15ClN2O2. The first-order valence-corrected chi connectivity index (χ1v) is 5.86. The van der Waals surface area contributed by atoms with Crippen molar-refractivity contribution in [2.75, 3.05) is 19.1 Å². The molecule has 1 aromatic carbocycles. The molecule has 96 valence electrons. The van der Waals surface area contributed by atoms with Gasteiger partial charge in [0.1, 0.15) is 5.75 Å². The van der Waals surface area contributed by atoms with Gasteiger partial charge in [0.25, 0.3) is 0 Å². The molecule has 5 heteroatoms. The normalized spacial score (nSPS) is 9.72. The largest absolute Gasteiger partial charge is 0.495 e. The van der Waals surface area contributed by atoms with E-state index in [0.29, 0.717) is 10.8 Å². The number of anilines is 1. The highest BCUT2D eigenvalue weighted by Gasteiger charge is 2.15. The molecule has 0 heterocycles. The SMILES string of the molecule is COc1cc(C)c(N(C)C(=O)CCC#N)cc1Cl. The zero-order valence-electron chi connectivity index (χ0n) is 10.7. The number of methoxy groups -OCH3 is 1. The molecule has 0 aliphatic heterocycles. The highest BCUT2D eigenvalue weighted by molar-refractivity contribution is 6.32. The fourth-order valence-electron chi connectivity index (χ4n) is 1.63. The number of amides is 1. The summed E-state index contributed by atoms with van der Waals surface area (Å²) in [6.45, 7) is 1.88. The summed E-state index contributed by atoms with van der Waals surface area (Å²) in [6, 6.07) is 5.43. The van der Waals surface area contributed by atoms with Gasteiger partial charge in [0.2, 0.25) is 5.91 Å². The molecule has 0 bridgehead atoms. The average molecular weight is 267 g/mol. The van der Waals surface area contributed by atoms with Crippen LogP contribution < -0.4 is 9.64 Å². The predicted octanol–water partition coefficient (Wildman–Crippen LogP) is 2.92. The molecular weight excluding hydrogens is 252 g/mol. The van der Waals surface area contributed by atoms with Crippen LogP contribution >= 0.6 is 11.6 Å². The maximum Gasteiger partial charge on any atom is 0.227 e. The quantitative estimate of drug-likeness (QED) is 0.842. The van der Waals surface area contributed by atoms with E-state index >= 15 is 0 Å². The van der Waals surface area contributed by atoms with Crippen LogP contribution in [0, 0.1) is 18.3 Å². The first-order chi connectivity index (χ1) is 8.51. The molecule has 0 radical (unpaired) electrons. The van der Waals surface area contributed by atoms with Gasteiger partial charge in [0, 0.05) is 25.6 Å². The van der Waals surface area contributed by atoms with Gasteiger partial charge < -0.3 is 9.64 Å². The summed E-state index contributed by atoms with van der Waals surface area (Å²) in [7, 11) is 3.22. The Morgan fingerprint density at radius 2 is 2.22 bits per heavy atom. The third-order valence-electron chi connectivity index (χ3n) is 2.66. The Balaban J connectivity index is 2.99. The highest BCUT2D eigenvalue weighted by atomic mass is 35.5. The van der Waals surface area contributed by atoms with Crippen LogP contribution in [0.2, 0.25) is 5.02 Å². The van der Waals surface area contributed by atoms with Gasteiger partial charge in [-0.2, -0.15) is 5.26 Å². The molecule has 0 N–H and O–H groups in total. The Morgan fingerprint density at radius 1 is 1.56 bits per heavy atom. The average Bonchev–Trinajstić information content (AvgIpc) is 2.37. The lowest BCUT2D eigenvalue weighted by Gasteiger charge is -2.20. The fraction of sp³-hybridized carbons (Fsp3) is 0.385. The van der Waals surface area contributed by atoms with Crippen LogP contribution in [-0.2, 0) is 4.79 Å². The number of nitrogens with zero attached hydrogens (tertiary/aromatic N) is 2. The third-order valence-corrected chi connectivity index (χ3v) is 2.95. The molecule has 0 saturated carbocycles. The monoisotopic (exact) mass is 266 g/mol. The Morgan fingerprint density at radius 3 is 2.78 bits per heavy atom. The van der Waals surface area contributed by atoms with Gasteiger partial charge in [0.05, 0.1) is 18.2 Å². The number of carbonyl (C=O) groups excluding carboxylic acids is 1. The molecule has 0 aliphatic carbocycles. The number of hydrogen-bond acceptors (Lipinski definition) is 3. The summed E-state index contributed by atoms with van der Waals surface area (Å²) >= 11 is 6.04. The minimum absolute atomic E-state index is 0.110. The van der Waals surface area contributed by atoms with Crippen LogP contribution in [0.5, 0.6) is 5.75 Å². The second kappa shape index (κ2) is 6.27. The molecule has 0 spiro atoms. The number of aryl methyl sites for hydroxylation is 1. The molecule has 18 heavy (non-hydrogen) atoms. The molecule has 0 fully saturated rings. The lowest BCUT2D eigenvalue weighted by Crippen LogP contribution is -2.26. The van der Waals surface area contributed by atoms with Crippen molar-refractivity contribution >= 4 is 23.2 Å². The van der Waals surface area contributed by atoms with Crippen molar-refractivity contribution in [2.24, 2.45) is 0 Å². The van der Waals surface area contributed by atoms with E-state index in [1.165, 1.54) is 4.90 Å². The summed E-state index contributed by atoms with van der Waals surface area (Å²) < 4.78 is 5.11. The minimum Gasteiger partial charge on any atom is -0.495 e. The molecule has 1 amide bonds. The lowest BCUT2D eigenvalue weighted by atomic mass is 10.1. The van der Waals surface area contributed by atoms with Crippen molar-refractivity contribution in [3.05, 3.63) is 22.7 Å². The van der Waals surface area contributed by atoms with Crippen molar-refractivity contribution in [3.63, 3.8) is 0 Å². The van der Waals surface area contributed by atoms with Gasteiger partial charge in [-0.05, 0) is 24.6 Å². The Hall–Kier alpha value is -1.73. The van der Waals surface area contributed by atoms with Crippen molar-refractivity contribution < 1.29 is 9.53 Å². The van der Waals surface area contributed by atoms with Crippen LogP contribution in [0.4, 0.5) is 5.69 Å². The van der Waals surface area contributed by atoms with Crippen molar-refractivity contribution in [1.29, 1.82) is 5.26 Å². The number of benzene rings is 1. The van der Waals surface area contributed by atoms with Crippen molar-refractivity contribution in [1.82, 2.24) is 0 Å². The summed E-state index contributed by atoms with van der Waals surface area (Å²) in [5.74, 6) is 0.469. The number of rotatable bonds is 4. The standard InChI is InChI=1S/C13H15ClN2O2/c1-9-7-12(18-3)10(14)8-11(9)16(2)13(17)5-4-6-15/h7-8H,4-5H2,1-3H3. The van der Waals surface area contributed by atoms with E-state index < -0.39 is 0 Å². The maximum absolute atomic E-state index is 11.8. The van der Waals surface area contributed by atoms with Crippen LogP contribution in [0.1, 0.15) is 18.4 Å². The highest BCUT2D eigenvalue weighted by Crippen LogP contribution is 2.32. The van der Waals surface area contributed by atoms with E-state index in [9.17, 15) is 4.79 Å². The first kappa shape index (κ1) is 14.3. The van der Waals surface area contributed by atoms with Crippen LogP contribution in [0.25, 0.3) is 0 Å². The second-order valence-corrected chi connectivity index (χ2v) is 4.29. The summed E-state index contributed by atoms with van der Waals surface area (Å²) in [6.07, 6.45) is 0.419. The molecule has 0 aromatic heterocycles. The zero-order valence-corrected chi connectivity index (χ0v) is 11.4. The fourth-order valence-corrected chi connectivity index (χ4v) is 1.86. The van der Waals surface area contributed by atoms with Gasteiger partial charge in [0.15, 0.2) is 0 Å². The van der Waals surface area contributed by atoms with Crippen molar-refractivity contribution in [2.45, 2.75) is 19.8 Å². The Kier molecular flexibility index (Phi) is 4.99. The molecule has 0 saturated heterocycles. The molecule has 0 atom stereocenters. The van der Waals surface area contributed by atoms with E-state index in [0.717, 1.165) is 11.3 Å². The van der Waals surface area contributed by atoms with Crippen LogP contribution in [0.15, 0.2) is 12.1 Å². The van der Waals surface area contributed by atoms with E-state index in [4.69, 9.17) is 21.6 Å². The second-order valence-electron chi connectivity index (χ2n) is 3.88. The maximum atomic E-state index is 11.8. The number of nitriles is 1. The smallest absolute Gasteiger partial charge is 0.227 e. The van der Waals surface area contributed by atoms with E-state index in [1.54, 1.807) is 26.3 Å². The van der Waals surface area contributed by atoms with Gasteiger partial charge >= 0.3 is 0 Å². The Labute approximate surface area is 112 Å². The first-order valence-electron chi connectivity index (χ1n) is 5.49. The van der Waals surface area contributed by atoms with E-state index in [2.05, 4.69) is 0 Å². The number of hydrogen-bond donors (Lipinski definition) is 0. The summed E-state index contributed by atoms with van der Waals surface area (Å²) in [5, 5.41) is 8.93. The molecule has 0 aliphatic rings. The lowest BCUT2D eigenvalue weighted by molar-refractivity contribution is -0.118. The number of halogens is 1. The summed E-state index contributed by atoms with van der Waals surface area (Å²) in [4.78, 5) is 13.3. The van der Waals surface area contributed by atoms with E-state index in [1.807, 2.05) is 13.0 Å². The minimum atomic E-state index is -0.110. The third kappa shape index (κ3) is 3.14. The summed E-state index contributed by atoms with van der Waals surface area (Å²) in [5.41, 5.74) is 1.62. The number of carbonyl (C=O) groups is 1. The molecule has 0 unspecified atom stereocenters. The zero-order chi connectivity index (χ0) is 13.7.